The highest BCUT2D eigenvalue weighted by atomic mass is 14.2. The van der Waals surface area contributed by atoms with E-state index in [0.717, 1.165) is 6.42 Å². The summed E-state index contributed by atoms with van der Waals surface area (Å²) >= 11 is 0. The van der Waals surface area contributed by atoms with Crippen LogP contribution >= 0.6 is 0 Å². The first-order valence-electron chi connectivity index (χ1n) is 7.76. The monoisotopic (exact) mass is 262 g/mol. The molecular weight excluding hydrogens is 240 g/mol. The molecular formula is C20H22. The zero-order chi connectivity index (χ0) is 13.8. The zero-order valence-electron chi connectivity index (χ0n) is 12.2. The Morgan fingerprint density at radius 1 is 0.850 bits per heavy atom. The molecule has 0 N–H and O–H groups in total. The van der Waals surface area contributed by atoms with E-state index < -0.39 is 0 Å². The molecule has 3 rings (SSSR count). The fourth-order valence-corrected chi connectivity index (χ4v) is 3.18. The Labute approximate surface area is 122 Å². The van der Waals surface area contributed by atoms with Crippen LogP contribution in [0.15, 0.2) is 54.6 Å². The van der Waals surface area contributed by atoms with E-state index in [0.29, 0.717) is 0 Å². The summed E-state index contributed by atoms with van der Waals surface area (Å²) in [5.41, 5.74) is 7.51. The molecule has 0 saturated carbocycles. The second kappa shape index (κ2) is 6.09. The summed E-state index contributed by atoms with van der Waals surface area (Å²) in [6, 6.07) is 19.8. The third-order valence-corrected chi connectivity index (χ3v) is 4.23. The second-order valence-corrected chi connectivity index (χ2v) is 5.61. The SMILES string of the molecule is CCCCCC1=C(c2ccccc2)Cc2ccccc21. The highest BCUT2D eigenvalue weighted by Gasteiger charge is 2.21. The number of unbranched alkanes of at least 4 members (excludes halogenated alkanes) is 2. The maximum absolute atomic E-state index is 2.30. The van der Waals surface area contributed by atoms with Gasteiger partial charge in [0.2, 0.25) is 0 Å². The normalized spacial score (nSPS) is 13.7. The summed E-state index contributed by atoms with van der Waals surface area (Å²) in [6.45, 7) is 2.27. The number of hydrogen-bond donors (Lipinski definition) is 0. The van der Waals surface area contributed by atoms with Crippen molar-refractivity contribution >= 4 is 11.1 Å². The summed E-state index contributed by atoms with van der Waals surface area (Å²) in [6.07, 6.45) is 6.23. The fraction of sp³-hybridized carbons (Fsp3) is 0.300. The van der Waals surface area contributed by atoms with Gasteiger partial charge in [-0.05, 0) is 47.1 Å². The van der Waals surface area contributed by atoms with E-state index in [9.17, 15) is 0 Å². The van der Waals surface area contributed by atoms with Gasteiger partial charge >= 0.3 is 0 Å². The lowest BCUT2D eigenvalue weighted by molar-refractivity contribution is 0.736. The summed E-state index contributed by atoms with van der Waals surface area (Å²) in [4.78, 5) is 0. The third kappa shape index (κ3) is 2.56. The van der Waals surface area contributed by atoms with Crippen LogP contribution in [-0.2, 0) is 6.42 Å². The van der Waals surface area contributed by atoms with Gasteiger partial charge in [0.05, 0.1) is 0 Å². The van der Waals surface area contributed by atoms with Gasteiger partial charge in [-0.2, -0.15) is 0 Å². The molecule has 2 aromatic carbocycles. The highest BCUT2D eigenvalue weighted by Crippen LogP contribution is 2.40. The maximum Gasteiger partial charge on any atom is -0.00108 e. The van der Waals surface area contributed by atoms with E-state index in [1.807, 2.05) is 0 Å². The van der Waals surface area contributed by atoms with Crippen LogP contribution in [0.1, 0.15) is 49.3 Å². The lowest BCUT2D eigenvalue weighted by Crippen LogP contribution is -1.87. The number of benzene rings is 2. The minimum absolute atomic E-state index is 1.10. The average molecular weight is 262 g/mol. The van der Waals surface area contributed by atoms with E-state index >= 15 is 0 Å². The van der Waals surface area contributed by atoms with Crippen LogP contribution in [0.25, 0.3) is 11.1 Å². The largest absolute Gasteiger partial charge is 0.0654 e. The summed E-state index contributed by atoms with van der Waals surface area (Å²) < 4.78 is 0. The molecule has 0 heterocycles. The van der Waals surface area contributed by atoms with E-state index in [-0.39, 0.29) is 0 Å². The van der Waals surface area contributed by atoms with Gasteiger partial charge < -0.3 is 0 Å². The smallest absolute Gasteiger partial charge is 0.00108 e. The quantitative estimate of drug-likeness (QED) is 0.603. The Morgan fingerprint density at radius 2 is 1.60 bits per heavy atom. The predicted octanol–water partition coefficient (Wildman–Crippen LogP) is 5.73. The van der Waals surface area contributed by atoms with Crippen molar-refractivity contribution in [2.45, 2.75) is 39.0 Å². The Morgan fingerprint density at radius 3 is 2.40 bits per heavy atom. The lowest BCUT2D eigenvalue weighted by atomic mass is 9.96. The third-order valence-electron chi connectivity index (χ3n) is 4.23. The Bertz CT molecular complexity index is 605. The Hall–Kier alpha value is -1.82. The van der Waals surface area contributed by atoms with Crippen LogP contribution in [-0.4, -0.2) is 0 Å². The molecule has 2 aromatic rings. The number of hydrogen-bond acceptors (Lipinski definition) is 0. The maximum atomic E-state index is 2.30. The molecule has 0 bridgehead atoms. The topological polar surface area (TPSA) is 0 Å². The van der Waals surface area contributed by atoms with Gasteiger partial charge in [0.1, 0.15) is 0 Å². The molecule has 1 aliphatic rings. The molecule has 0 aliphatic heterocycles. The van der Waals surface area contributed by atoms with Crippen molar-refractivity contribution in [1.82, 2.24) is 0 Å². The molecule has 0 nitrogen and oxygen atoms in total. The molecule has 0 radical (unpaired) electrons. The van der Waals surface area contributed by atoms with Crippen LogP contribution < -0.4 is 0 Å². The van der Waals surface area contributed by atoms with Gasteiger partial charge in [0.15, 0.2) is 0 Å². The average Bonchev–Trinajstić information content (AvgIpc) is 2.87. The van der Waals surface area contributed by atoms with Crippen LogP contribution in [0.5, 0.6) is 0 Å². The lowest BCUT2D eigenvalue weighted by Gasteiger charge is -2.09. The molecule has 0 aromatic heterocycles. The van der Waals surface area contributed by atoms with Crippen LogP contribution in [0.2, 0.25) is 0 Å². The first-order chi connectivity index (χ1) is 9.90. The molecule has 0 amide bonds. The Kier molecular flexibility index (Phi) is 4.01. The van der Waals surface area contributed by atoms with Crippen molar-refractivity contribution in [3.63, 3.8) is 0 Å². The van der Waals surface area contributed by atoms with E-state index in [2.05, 4.69) is 61.5 Å². The molecule has 0 fully saturated rings. The van der Waals surface area contributed by atoms with Crippen LogP contribution in [0.3, 0.4) is 0 Å². The van der Waals surface area contributed by atoms with E-state index in [1.165, 1.54) is 42.4 Å². The van der Waals surface area contributed by atoms with E-state index in [4.69, 9.17) is 0 Å². The number of fused-ring (bicyclic) bond motifs is 1. The Balaban J connectivity index is 1.97. The van der Waals surface area contributed by atoms with Gasteiger partial charge in [-0.25, -0.2) is 0 Å². The molecule has 0 atom stereocenters. The van der Waals surface area contributed by atoms with Crippen LogP contribution in [0, 0.1) is 0 Å². The van der Waals surface area contributed by atoms with Gasteiger partial charge in [0.25, 0.3) is 0 Å². The van der Waals surface area contributed by atoms with Crippen molar-refractivity contribution in [2.75, 3.05) is 0 Å². The number of rotatable bonds is 5. The zero-order valence-corrected chi connectivity index (χ0v) is 12.2. The van der Waals surface area contributed by atoms with E-state index in [1.54, 1.807) is 11.1 Å². The van der Waals surface area contributed by atoms with Crippen molar-refractivity contribution < 1.29 is 0 Å². The van der Waals surface area contributed by atoms with Crippen LogP contribution in [0.4, 0.5) is 0 Å². The summed E-state index contributed by atoms with van der Waals surface area (Å²) in [7, 11) is 0. The minimum Gasteiger partial charge on any atom is -0.0654 e. The molecule has 0 saturated heterocycles. The second-order valence-electron chi connectivity index (χ2n) is 5.61. The minimum atomic E-state index is 1.10. The standard InChI is InChI=1S/C20H22/c1-2-3-5-14-19-18-13-9-8-12-17(18)15-20(19)16-10-6-4-7-11-16/h4,6-13H,2-3,5,14-15H2,1H3. The molecule has 102 valence electrons. The number of allylic oxidation sites excluding steroid dienone is 2. The van der Waals surface area contributed by atoms with Crippen molar-refractivity contribution in [1.29, 1.82) is 0 Å². The summed E-state index contributed by atoms with van der Waals surface area (Å²) in [5.74, 6) is 0. The predicted molar refractivity (Wildman–Crippen MR) is 87.5 cm³/mol. The first kappa shape index (κ1) is 13.2. The van der Waals surface area contributed by atoms with Gasteiger partial charge in [-0.15, -0.1) is 0 Å². The first-order valence-corrected chi connectivity index (χ1v) is 7.76. The molecule has 0 heteroatoms. The molecule has 1 aliphatic carbocycles. The summed E-state index contributed by atoms with van der Waals surface area (Å²) in [5, 5.41) is 0. The van der Waals surface area contributed by atoms with Crippen molar-refractivity contribution in [2.24, 2.45) is 0 Å². The molecule has 20 heavy (non-hydrogen) atoms. The fourth-order valence-electron chi connectivity index (χ4n) is 3.18. The van der Waals surface area contributed by atoms with Gasteiger partial charge in [0, 0.05) is 0 Å². The molecule has 0 unspecified atom stereocenters. The van der Waals surface area contributed by atoms with Gasteiger partial charge in [-0.3, -0.25) is 0 Å². The molecule has 0 spiro atoms. The van der Waals surface area contributed by atoms with Crippen molar-refractivity contribution in [3.8, 4) is 0 Å². The highest BCUT2D eigenvalue weighted by molar-refractivity contribution is 5.97. The van der Waals surface area contributed by atoms with Gasteiger partial charge in [-0.1, -0.05) is 74.4 Å². The van der Waals surface area contributed by atoms with Crippen molar-refractivity contribution in [3.05, 3.63) is 71.3 Å².